The van der Waals surface area contributed by atoms with Crippen molar-refractivity contribution in [3.05, 3.63) is 34.3 Å². The summed E-state index contributed by atoms with van der Waals surface area (Å²) in [5.41, 5.74) is 6.92. The second-order valence-corrected chi connectivity index (χ2v) is 6.93. The summed E-state index contributed by atoms with van der Waals surface area (Å²) < 4.78 is 1.05. The van der Waals surface area contributed by atoms with Crippen molar-refractivity contribution in [2.45, 2.75) is 46.1 Å². The van der Waals surface area contributed by atoms with E-state index in [1.807, 2.05) is 24.3 Å². The van der Waals surface area contributed by atoms with Gasteiger partial charge in [0.15, 0.2) is 0 Å². The number of hydrogen-bond acceptors (Lipinski definition) is 2. The Labute approximate surface area is 136 Å². The van der Waals surface area contributed by atoms with Crippen molar-refractivity contribution in [1.29, 1.82) is 0 Å². The smallest absolute Gasteiger partial charge is 0.220 e. The summed E-state index contributed by atoms with van der Waals surface area (Å²) in [4.78, 5) is 12.2. The molecular weight excluding hydrogens is 328 g/mol. The van der Waals surface area contributed by atoms with Gasteiger partial charge < -0.3 is 11.1 Å². The van der Waals surface area contributed by atoms with Gasteiger partial charge in [-0.3, -0.25) is 4.79 Å². The maximum atomic E-state index is 12.2. The van der Waals surface area contributed by atoms with Crippen molar-refractivity contribution in [2.24, 2.45) is 17.6 Å². The zero-order valence-electron chi connectivity index (χ0n) is 13.2. The number of nitrogens with one attached hydrogen (secondary N) is 1. The van der Waals surface area contributed by atoms with E-state index < -0.39 is 0 Å². The predicted octanol–water partition coefficient (Wildman–Crippen LogP) is 4.03. The standard InChI is InChI=1S/C17H27BrN2O/c1-4-16(14-5-7-15(18)8-6-14)20-17(21)10-13(11-19)9-12(2)3/h5-8,12-13,16H,4,9-11,19H2,1-3H3,(H,20,21). The van der Waals surface area contributed by atoms with E-state index in [0.29, 0.717) is 18.9 Å². The van der Waals surface area contributed by atoms with Crippen LogP contribution in [0.2, 0.25) is 0 Å². The molecular formula is C17H27BrN2O. The van der Waals surface area contributed by atoms with Crippen LogP contribution in [-0.4, -0.2) is 12.5 Å². The molecule has 0 saturated heterocycles. The number of carbonyl (C=O) groups excluding carboxylic acids is 1. The molecule has 0 saturated carbocycles. The van der Waals surface area contributed by atoms with Crippen molar-refractivity contribution < 1.29 is 4.79 Å². The fourth-order valence-corrected chi connectivity index (χ4v) is 2.83. The average Bonchev–Trinajstić information content (AvgIpc) is 2.44. The maximum Gasteiger partial charge on any atom is 0.220 e. The van der Waals surface area contributed by atoms with Crippen molar-refractivity contribution in [3.63, 3.8) is 0 Å². The fourth-order valence-electron chi connectivity index (χ4n) is 2.56. The molecule has 2 atom stereocenters. The Balaban J connectivity index is 2.60. The average molecular weight is 355 g/mol. The number of rotatable bonds is 8. The van der Waals surface area contributed by atoms with Gasteiger partial charge in [0.2, 0.25) is 5.91 Å². The van der Waals surface area contributed by atoms with Gasteiger partial charge in [-0.1, -0.05) is 48.8 Å². The van der Waals surface area contributed by atoms with E-state index in [1.54, 1.807) is 0 Å². The summed E-state index contributed by atoms with van der Waals surface area (Å²) in [5.74, 6) is 0.938. The van der Waals surface area contributed by atoms with Gasteiger partial charge in [0.25, 0.3) is 0 Å². The van der Waals surface area contributed by atoms with E-state index in [-0.39, 0.29) is 17.9 Å². The minimum Gasteiger partial charge on any atom is -0.349 e. The van der Waals surface area contributed by atoms with Crippen molar-refractivity contribution in [1.82, 2.24) is 5.32 Å². The highest BCUT2D eigenvalue weighted by Gasteiger charge is 2.17. The first-order valence-electron chi connectivity index (χ1n) is 7.71. The molecule has 4 heteroatoms. The van der Waals surface area contributed by atoms with Gasteiger partial charge in [0.1, 0.15) is 0 Å². The lowest BCUT2D eigenvalue weighted by Gasteiger charge is -2.21. The van der Waals surface area contributed by atoms with Crippen LogP contribution in [0, 0.1) is 11.8 Å². The van der Waals surface area contributed by atoms with Crippen molar-refractivity contribution in [2.75, 3.05) is 6.54 Å². The third-order valence-electron chi connectivity index (χ3n) is 3.63. The molecule has 0 aliphatic rings. The molecule has 1 aromatic rings. The largest absolute Gasteiger partial charge is 0.349 e. The zero-order chi connectivity index (χ0) is 15.8. The molecule has 0 aliphatic heterocycles. The van der Waals surface area contributed by atoms with E-state index >= 15 is 0 Å². The summed E-state index contributed by atoms with van der Waals surface area (Å²) in [6.45, 7) is 6.98. The molecule has 0 spiro atoms. The van der Waals surface area contributed by atoms with Crippen LogP contribution >= 0.6 is 15.9 Å². The molecule has 0 fully saturated rings. The van der Waals surface area contributed by atoms with E-state index in [2.05, 4.69) is 42.0 Å². The molecule has 1 amide bonds. The van der Waals surface area contributed by atoms with Gasteiger partial charge in [-0.05, 0) is 48.9 Å². The highest BCUT2D eigenvalue weighted by molar-refractivity contribution is 9.10. The Bertz CT molecular complexity index is 431. The Morgan fingerprint density at radius 2 is 1.90 bits per heavy atom. The van der Waals surface area contributed by atoms with Crippen LogP contribution in [0.1, 0.15) is 51.6 Å². The molecule has 0 bridgehead atoms. The minimum absolute atomic E-state index is 0.0723. The lowest BCUT2D eigenvalue weighted by molar-refractivity contribution is -0.122. The maximum absolute atomic E-state index is 12.2. The first-order valence-corrected chi connectivity index (χ1v) is 8.50. The molecule has 2 unspecified atom stereocenters. The number of nitrogens with two attached hydrogens (primary N) is 1. The highest BCUT2D eigenvalue weighted by atomic mass is 79.9. The Morgan fingerprint density at radius 1 is 1.29 bits per heavy atom. The van der Waals surface area contributed by atoms with Gasteiger partial charge in [0, 0.05) is 10.9 Å². The van der Waals surface area contributed by atoms with Gasteiger partial charge in [0.05, 0.1) is 6.04 Å². The number of carbonyl (C=O) groups is 1. The van der Waals surface area contributed by atoms with E-state index in [0.717, 1.165) is 22.9 Å². The molecule has 3 N–H and O–H groups in total. The van der Waals surface area contributed by atoms with E-state index in [1.165, 1.54) is 0 Å². The molecule has 0 aliphatic carbocycles. The third-order valence-corrected chi connectivity index (χ3v) is 4.16. The summed E-state index contributed by atoms with van der Waals surface area (Å²) in [7, 11) is 0. The summed E-state index contributed by atoms with van der Waals surface area (Å²) in [6.07, 6.45) is 2.39. The molecule has 118 valence electrons. The first kappa shape index (κ1) is 18.2. The third kappa shape index (κ3) is 6.62. The summed E-state index contributed by atoms with van der Waals surface area (Å²) in [6, 6.07) is 8.18. The Kier molecular flexibility index (Phi) is 7.97. The molecule has 1 rings (SSSR count). The van der Waals surface area contributed by atoms with E-state index in [4.69, 9.17) is 5.73 Å². The topological polar surface area (TPSA) is 55.1 Å². The number of amides is 1. The normalized spacial score (nSPS) is 14.0. The number of hydrogen-bond donors (Lipinski definition) is 2. The van der Waals surface area contributed by atoms with Crippen LogP contribution in [0.3, 0.4) is 0 Å². The lowest BCUT2D eigenvalue weighted by atomic mass is 9.93. The zero-order valence-corrected chi connectivity index (χ0v) is 14.8. The first-order chi connectivity index (χ1) is 9.96. The SMILES string of the molecule is CCC(NC(=O)CC(CN)CC(C)C)c1ccc(Br)cc1. The van der Waals surface area contributed by atoms with Gasteiger partial charge in [-0.25, -0.2) is 0 Å². The van der Waals surface area contributed by atoms with Crippen LogP contribution in [0.25, 0.3) is 0 Å². The van der Waals surface area contributed by atoms with Crippen LogP contribution in [0.4, 0.5) is 0 Å². The second kappa shape index (κ2) is 9.21. The van der Waals surface area contributed by atoms with E-state index in [9.17, 15) is 4.79 Å². The lowest BCUT2D eigenvalue weighted by Crippen LogP contribution is -2.31. The van der Waals surface area contributed by atoms with Gasteiger partial charge in [-0.2, -0.15) is 0 Å². The molecule has 3 nitrogen and oxygen atoms in total. The summed E-state index contributed by atoms with van der Waals surface area (Å²) in [5, 5.41) is 3.13. The van der Waals surface area contributed by atoms with Gasteiger partial charge >= 0.3 is 0 Å². The van der Waals surface area contributed by atoms with Gasteiger partial charge in [-0.15, -0.1) is 0 Å². The monoisotopic (exact) mass is 354 g/mol. The molecule has 0 radical (unpaired) electrons. The minimum atomic E-state index is 0.0723. The molecule has 0 aromatic heterocycles. The second-order valence-electron chi connectivity index (χ2n) is 6.02. The molecule has 21 heavy (non-hydrogen) atoms. The Hall–Kier alpha value is -0.870. The summed E-state index contributed by atoms with van der Waals surface area (Å²) >= 11 is 3.43. The fraction of sp³-hybridized carbons (Fsp3) is 0.588. The molecule has 1 aromatic carbocycles. The number of benzene rings is 1. The van der Waals surface area contributed by atoms with Crippen LogP contribution in [-0.2, 0) is 4.79 Å². The van der Waals surface area contributed by atoms with Crippen molar-refractivity contribution >= 4 is 21.8 Å². The predicted molar refractivity (Wildman–Crippen MR) is 91.9 cm³/mol. The quantitative estimate of drug-likeness (QED) is 0.740. The Morgan fingerprint density at radius 3 is 2.38 bits per heavy atom. The van der Waals surface area contributed by atoms with Crippen molar-refractivity contribution in [3.8, 4) is 0 Å². The highest BCUT2D eigenvalue weighted by Crippen LogP contribution is 2.20. The van der Waals surface area contributed by atoms with Crippen LogP contribution in [0.5, 0.6) is 0 Å². The molecule has 0 heterocycles. The van der Waals surface area contributed by atoms with Crippen LogP contribution < -0.4 is 11.1 Å². The van der Waals surface area contributed by atoms with Crippen LogP contribution in [0.15, 0.2) is 28.7 Å². The number of halogens is 1.